The molecule has 0 saturated carbocycles. The number of hydrogen-bond acceptors (Lipinski definition) is 3. The lowest BCUT2D eigenvalue weighted by Gasteiger charge is -2.17. The van der Waals surface area contributed by atoms with Crippen molar-refractivity contribution in [3.63, 3.8) is 0 Å². The van der Waals surface area contributed by atoms with E-state index in [1.807, 2.05) is 58.0 Å². The average Bonchev–Trinajstić information content (AvgIpc) is 2.94. The Morgan fingerprint density at radius 3 is 2.52 bits per heavy atom. The molecule has 0 fully saturated rings. The molecule has 3 aromatic rings. The minimum atomic E-state index is 0.447. The van der Waals surface area contributed by atoms with Crippen LogP contribution in [0.4, 0.5) is 0 Å². The summed E-state index contributed by atoms with van der Waals surface area (Å²) in [6.07, 6.45) is 1.71. The first-order valence-corrected chi connectivity index (χ1v) is 8.38. The molecule has 3 rings (SSSR count). The highest BCUT2D eigenvalue weighted by atomic mass is 35.5. The van der Waals surface area contributed by atoms with E-state index in [9.17, 15) is 4.79 Å². The summed E-state index contributed by atoms with van der Waals surface area (Å²) in [5, 5.41) is 1.65. The van der Waals surface area contributed by atoms with Crippen molar-refractivity contribution in [2.24, 2.45) is 0 Å². The molecular weight excluding hydrogens is 336 g/mol. The topological polar surface area (TPSA) is 39.4 Å². The highest BCUT2D eigenvalue weighted by Gasteiger charge is 2.21. The maximum absolute atomic E-state index is 11.1. The molecule has 0 N–H and O–H groups in total. The minimum absolute atomic E-state index is 0.447. The van der Waals surface area contributed by atoms with Crippen molar-refractivity contribution in [2.45, 2.75) is 27.7 Å². The van der Waals surface area contributed by atoms with E-state index in [2.05, 4.69) is 0 Å². The molecule has 0 amide bonds. The van der Waals surface area contributed by atoms with Crippen LogP contribution in [0.2, 0.25) is 5.02 Å². The van der Waals surface area contributed by atoms with E-state index in [0.717, 1.165) is 44.4 Å². The number of allylic oxidation sites excluding steroid dienone is 1. The van der Waals surface area contributed by atoms with Crippen molar-refractivity contribution >= 4 is 34.6 Å². The lowest BCUT2D eigenvalue weighted by molar-refractivity contribution is -0.120. The summed E-state index contributed by atoms with van der Waals surface area (Å²) in [4.78, 5) is 11.1. The first-order valence-electron chi connectivity index (χ1n) is 8.00. The number of furan rings is 1. The molecule has 0 bridgehead atoms. The lowest BCUT2D eigenvalue weighted by atomic mass is 9.90. The fraction of sp³-hybridized carbons (Fsp3) is 0.190. The molecule has 4 heteroatoms. The molecule has 0 unspecified atom stereocenters. The van der Waals surface area contributed by atoms with Gasteiger partial charge in [-0.15, -0.1) is 0 Å². The van der Waals surface area contributed by atoms with Gasteiger partial charge in [-0.3, -0.25) is 4.79 Å². The lowest BCUT2D eigenvalue weighted by Crippen LogP contribution is -2.00. The van der Waals surface area contributed by atoms with Gasteiger partial charge in [-0.05, 0) is 51.0 Å². The number of benzene rings is 2. The third-order valence-electron chi connectivity index (χ3n) is 4.32. The monoisotopic (exact) mass is 354 g/mol. The van der Waals surface area contributed by atoms with Gasteiger partial charge in [-0.2, -0.15) is 0 Å². The molecule has 0 spiro atoms. The van der Waals surface area contributed by atoms with Gasteiger partial charge in [0.15, 0.2) is 0 Å². The Balaban J connectivity index is 2.41. The van der Waals surface area contributed by atoms with E-state index in [4.69, 9.17) is 20.8 Å². The van der Waals surface area contributed by atoms with Crippen LogP contribution in [0.5, 0.6) is 5.75 Å². The van der Waals surface area contributed by atoms with Crippen LogP contribution in [0.3, 0.4) is 0 Å². The first kappa shape index (κ1) is 17.3. The van der Waals surface area contributed by atoms with Crippen LogP contribution in [0.1, 0.15) is 36.1 Å². The Labute approximate surface area is 151 Å². The van der Waals surface area contributed by atoms with Gasteiger partial charge in [0, 0.05) is 27.1 Å². The number of ether oxygens (including phenoxy) is 1. The van der Waals surface area contributed by atoms with Gasteiger partial charge in [-0.25, -0.2) is 0 Å². The van der Waals surface area contributed by atoms with Crippen molar-refractivity contribution in [3.05, 3.63) is 69.4 Å². The Morgan fingerprint density at radius 2 is 1.88 bits per heavy atom. The smallest absolute Gasteiger partial charge is 0.298 e. The SMILES string of the molecule is CC(C)=C(c1ccccc1Cl)c1cc2c(C)coc2c(C)c1OC=O. The van der Waals surface area contributed by atoms with Gasteiger partial charge >= 0.3 is 0 Å². The Morgan fingerprint density at radius 1 is 1.16 bits per heavy atom. The fourth-order valence-electron chi connectivity index (χ4n) is 3.17. The largest absolute Gasteiger partial charge is 0.464 e. The third-order valence-corrected chi connectivity index (χ3v) is 4.65. The van der Waals surface area contributed by atoms with E-state index in [-0.39, 0.29) is 0 Å². The maximum atomic E-state index is 11.1. The van der Waals surface area contributed by atoms with Crippen LogP contribution < -0.4 is 4.74 Å². The number of carbonyl (C=O) groups is 1. The molecule has 0 aliphatic heterocycles. The summed E-state index contributed by atoms with van der Waals surface area (Å²) in [5.74, 6) is 0.493. The van der Waals surface area contributed by atoms with Crippen molar-refractivity contribution in [1.82, 2.24) is 0 Å². The molecule has 0 aliphatic rings. The second kappa shape index (κ2) is 6.77. The molecule has 128 valence electrons. The zero-order valence-corrected chi connectivity index (χ0v) is 15.4. The molecule has 0 atom stereocenters. The van der Waals surface area contributed by atoms with Crippen LogP contribution in [0.15, 0.2) is 46.6 Å². The normalized spacial score (nSPS) is 10.8. The van der Waals surface area contributed by atoms with Crippen molar-refractivity contribution in [3.8, 4) is 5.75 Å². The van der Waals surface area contributed by atoms with Gasteiger partial charge in [0.1, 0.15) is 11.3 Å². The molecule has 1 heterocycles. The van der Waals surface area contributed by atoms with Gasteiger partial charge in [0.05, 0.1) is 6.26 Å². The third kappa shape index (κ3) is 2.96. The number of carbonyl (C=O) groups excluding carboxylic acids is 1. The van der Waals surface area contributed by atoms with Crippen molar-refractivity contribution in [2.75, 3.05) is 0 Å². The molecule has 25 heavy (non-hydrogen) atoms. The molecule has 1 aromatic heterocycles. The summed E-state index contributed by atoms with van der Waals surface area (Å²) in [5.41, 5.74) is 6.31. The average molecular weight is 355 g/mol. The summed E-state index contributed by atoms with van der Waals surface area (Å²) in [7, 11) is 0. The Hall–Kier alpha value is -2.52. The van der Waals surface area contributed by atoms with Crippen LogP contribution in [0.25, 0.3) is 16.5 Å². The summed E-state index contributed by atoms with van der Waals surface area (Å²) < 4.78 is 11.0. The second-order valence-corrected chi connectivity index (χ2v) is 6.65. The van der Waals surface area contributed by atoms with Gasteiger partial charge < -0.3 is 9.15 Å². The molecule has 0 aliphatic carbocycles. The van der Waals surface area contributed by atoms with Gasteiger partial charge in [0.2, 0.25) is 0 Å². The van der Waals surface area contributed by atoms with Crippen molar-refractivity contribution < 1.29 is 13.9 Å². The van der Waals surface area contributed by atoms with Crippen LogP contribution in [-0.2, 0) is 4.79 Å². The van der Waals surface area contributed by atoms with Crippen LogP contribution in [-0.4, -0.2) is 6.47 Å². The quantitative estimate of drug-likeness (QED) is 0.533. The zero-order valence-electron chi connectivity index (χ0n) is 14.6. The number of fused-ring (bicyclic) bond motifs is 1. The number of aryl methyl sites for hydroxylation is 2. The maximum Gasteiger partial charge on any atom is 0.298 e. The minimum Gasteiger partial charge on any atom is -0.464 e. The fourth-order valence-corrected chi connectivity index (χ4v) is 3.40. The van der Waals surface area contributed by atoms with E-state index in [1.54, 1.807) is 6.26 Å². The van der Waals surface area contributed by atoms with E-state index in [0.29, 0.717) is 17.2 Å². The van der Waals surface area contributed by atoms with Crippen LogP contribution >= 0.6 is 11.6 Å². The number of hydrogen-bond donors (Lipinski definition) is 0. The molecule has 0 radical (unpaired) electrons. The van der Waals surface area contributed by atoms with Crippen LogP contribution in [0, 0.1) is 13.8 Å². The standard InChI is InChI=1S/C21H19ClO3/c1-12(2)19(15-7-5-6-8-18(15)22)17-9-16-13(3)10-24-20(16)14(4)21(17)25-11-23/h5-11H,1-4H3. The highest BCUT2D eigenvalue weighted by molar-refractivity contribution is 6.32. The molecule has 0 saturated heterocycles. The Bertz CT molecular complexity index is 992. The number of halogens is 1. The first-order chi connectivity index (χ1) is 12.0. The van der Waals surface area contributed by atoms with E-state index in [1.165, 1.54) is 0 Å². The summed E-state index contributed by atoms with van der Waals surface area (Å²) in [6.45, 7) is 8.37. The molecule has 3 nitrogen and oxygen atoms in total. The summed E-state index contributed by atoms with van der Waals surface area (Å²) in [6, 6.07) is 9.67. The van der Waals surface area contributed by atoms with Gasteiger partial charge in [-0.1, -0.05) is 35.4 Å². The van der Waals surface area contributed by atoms with E-state index < -0.39 is 0 Å². The van der Waals surface area contributed by atoms with E-state index >= 15 is 0 Å². The second-order valence-electron chi connectivity index (χ2n) is 6.24. The zero-order chi connectivity index (χ0) is 18.1. The number of rotatable bonds is 4. The predicted molar refractivity (Wildman–Crippen MR) is 101 cm³/mol. The van der Waals surface area contributed by atoms with Crippen molar-refractivity contribution in [1.29, 1.82) is 0 Å². The van der Waals surface area contributed by atoms with Gasteiger partial charge in [0.25, 0.3) is 6.47 Å². The summed E-state index contributed by atoms with van der Waals surface area (Å²) >= 11 is 6.45. The highest BCUT2D eigenvalue weighted by Crippen LogP contribution is 2.42. The molecular formula is C21H19ClO3. The molecule has 2 aromatic carbocycles. The Kier molecular flexibility index (Phi) is 4.69. The predicted octanol–water partition coefficient (Wildman–Crippen LogP) is 6.08.